The van der Waals surface area contributed by atoms with Crippen LogP contribution in [0.2, 0.25) is 5.15 Å². The molecule has 0 aliphatic rings. The van der Waals surface area contributed by atoms with Crippen molar-refractivity contribution >= 4 is 50.6 Å². The average molecular weight is 442 g/mol. The van der Waals surface area contributed by atoms with Gasteiger partial charge in [0.1, 0.15) is 21.7 Å². The molecular formula is C17H15BrClFN4O2. The minimum atomic E-state index is -0.744. The van der Waals surface area contributed by atoms with Gasteiger partial charge in [-0.1, -0.05) is 17.7 Å². The van der Waals surface area contributed by atoms with Crippen LogP contribution in [0.5, 0.6) is 0 Å². The second-order valence-corrected chi connectivity index (χ2v) is 7.66. The highest BCUT2D eigenvalue weighted by atomic mass is 79.9. The molecule has 2 heterocycles. The fourth-order valence-corrected chi connectivity index (χ4v) is 2.86. The topological polar surface area (TPSA) is 59.7 Å². The molecule has 9 heteroatoms. The molecular weight excluding hydrogens is 427 g/mol. The summed E-state index contributed by atoms with van der Waals surface area (Å²) < 4.78 is 21.3. The molecule has 0 fully saturated rings. The molecule has 1 aromatic carbocycles. The molecule has 136 valence electrons. The summed E-state index contributed by atoms with van der Waals surface area (Å²) in [6.07, 6.45) is 0.840. The van der Waals surface area contributed by atoms with E-state index >= 15 is 0 Å². The quantitative estimate of drug-likeness (QED) is 0.537. The lowest BCUT2D eigenvalue weighted by atomic mass is 10.2. The zero-order chi connectivity index (χ0) is 19.1. The first-order valence-corrected chi connectivity index (χ1v) is 8.81. The molecule has 6 nitrogen and oxygen atoms in total. The SMILES string of the molecule is CC(C)(C)OC(=O)N(c1cccc(F)c1)c1cc(Cl)nn2c(Br)cnc12. The van der Waals surface area contributed by atoms with E-state index in [4.69, 9.17) is 16.3 Å². The standard InChI is InChI=1S/C17H15BrClFN4O2/c1-17(2,3)26-16(25)23(11-6-4-5-10(20)7-11)12-8-14(19)22-24-13(18)9-21-15(12)24/h4-9H,1-3H3. The molecule has 0 spiro atoms. The van der Waals surface area contributed by atoms with Crippen LogP contribution in [0.1, 0.15) is 20.8 Å². The minimum Gasteiger partial charge on any atom is -0.443 e. The minimum absolute atomic E-state index is 0.135. The van der Waals surface area contributed by atoms with Crippen LogP contribution in [0.15, 0.2) is 41.1 Å². The van der Waals surface area contributed by atoms with Crippen molar-refractivity contribution in [2.75, 3.05) is 4.90 Å². The van der Waals surface area contributed by atoms with Gasteiger partial charge in [0.15, 0.2) is 10.8 Å². The zero-order valence-electron chi connectivity index (χ0n) is 14.2. The average Bonchev–Trinajstić information content (AvgIpc) is 2.87. The third-order valence-electron chi connectivity index (χ3n) is 3.26. The number of hydrogen-bond donors (Lipinski definition) is 0. The van der Waals surface area contributed by atoms with Crippen molar-refractivity contribution in [3.63, 3.8) is 0 Å². The molecule has 0 atom stereocenters. The lowest BCUT2D eigenvalue weighted by Gasteiger charge is -2.27. The molecule has 0 bridgehead atoms. The highest BCUT2D eigenvalue weighted by Crippen LogP contribution is 2.33. The molecule has 2 aromatic heterocycles. The third kappa shape index (κ3) is 3.81. The van der Waals surface area contributed by atoms with Crippen LogP contribution in [0.4, 0.5) is 20.6 Å². The fourth-order valence-electron chi connectivity index (χ4n) is 2.33. The van der Waals surface area contributed by atoms with Gasteiger partial charge in [0.2, 0.25) is 0 Å². The first-order valence-electron chi connectivity index (χ1n) is 7.64. The molecule has 0 unspecified atom stereocenters. The number of anilines is 2. The van der Waals surface area contributed by atoms with Crippen LogP contribution in [0.25, 0.3) is 5.65 Å². The van der Waals surface area contributed by atoms with Crippen LogP contribution >= 0.6 is 27.5 Å². The van der Waals surface area contributed by atoms with E-state index in [2.05, 4.69) is 26.0 Å². The van der Waals surface area contributed by atoms with Gasteiger partial charge < -0.3 is 4.74 Å². The highest BCUT2D eigenvalue weighted by molar-refractivity contribution is 9.10. The number of halogens is 3. The fraction of sp³-hybridized carbons (Fsp3) is 0.235. The Bertz CT molecular complexity index is 987. The number of benzene rings is 1. The highest BCUT2D eigenvalue weighted by Gasteiger charge is 2.28. The Balaban J connectivity index is 2.23. The molecule has 1 amide bonds. The summed E-state index contributed by atoms with van der Waals surface area (Å²) >= 11 is 9.44. The summed E-state index contributed by atoms with van der Waals surface area (Å²) in [5, 5.41) is 4.28. The van der Waals surface area contributed by atoms with E-state index in [-0.39, 0.29) is 10.8 Å². The molecule has 26 heavy (non-hydrogen) atoms. The number of carbonyl (C=O) groups is 1. The zero-order valence-corrected chi connectivity index (χ0v) is 16.5. The van der Waals surface area contributed by atoms with E-state index in [1.807, 2.05) is 0 Å². The Labute approximate surface area is 162 Å². The lowest BCUT2D eigenvalue weighted by molar-refractivity contribution is 0.0599. The number of carbonyl (C=O) groups excluding carboxylic acids is 1. The van der Waals surface area contributed by atoms with Gasteiger partial charge in [-0.3, -0.25) is 0 Å². The second-order valence-electron chi connectivity index (χ2n) is 6.46. The van der Waals surface area contributed by atoms with Gasteiger partial charge in [0.25, 0.3) is 0 Å². The van der Waals surface area contributed by atoms with E-state index in [9.17, 15) is 9.18 Å². The molecule has 0 saturated heterocycles. The number of imidazole rings is 1. The van der Waals surface area contributed by atoms with Crippen molar-refractivity contribution in [1.82, 2.24) is 14.6 Å². The predicted octanol–water partition coefficient (Wildman–Crippen LogP) is 5.36. The van der Waals surface area contributed by atoms with Crippen LogP contribution < -0.4 is 4.90 Å². The number of amides is 1. The van der Waals surface area contributed by atoms with Crippen molar-refractivity contribution < 1.29 is 13.9 Å². The normalized spacial score (nSPS) is 11.6. The van der Waals surface area contributed by atoms with Crippen molar-refractivity contribution in [3.8, 4) is 0 Å². The molecule has 3 rings (SSSR count). The summed E-state index contributed by atoms with van der Waals surface area (Å²) in [6, 6.07) is 7.09. The van der Waals surface area contributed by atoms with Gasteiger partial charge in [-0.15, -0.1) is 0 Å². The van der Waals surface area contributed by atoms with Gasteiger partial charge in [0.05, 0.1) is 11.9 Å². The molecule has 0 aliphatic carbocycles. The maximum Gasteiger partial charge on any atom is 0.419 e. The van der Waals surface area contributed by atoms with Crippen LogP contribution in [-0.4, -0.2) is 26.3 Å². The number of hydrogen-bond acceptors (Lipinski definition) is 4. The molecule has 0 N–H and O–H groups in total. The van der Waals surface area contributed by atoms with E-state index in [0.717, 1.165) is 0 Å². The monoisotopic (exact) mass is 440 g/mol. The van der Waals surface area contributed by atoms with Gasteiger partial charge >= 0.3 is 6.09 Å². The van der Waals surface area contributed by atoms with Crippen molar-refractivity contribution in [3.05, 3.63) is 52.1 Å². The number of fused-ring (bicyclic) bond motifs is 1. The summed E-state index contributed by atoms with van der Waals surface area (Å²) in [5.41, 5.74) is 0.209. The van der Waals surface area contributed by atoms with Crippen molar-refractivity contribution in [2.45, 2.75) is 26.4 Å². The number of ether oxygens (including phenoxy) is 1. The van der Waals surface area contributed by atoms with Crippen LogP contribution in [0, 0.1) is 5.82 Å². The largest absolute Gasteiger partial charge is 0.443 e. The molecule has 0 radical (unpaired) electrons. The summed E-state index contributed by atoms with van der Waals surface area (Å²) in [5.74, 6) is -0.489. The summed E-state index contributed by atoms with van der Waals surface area (Å²) in [7, 11) is 0. The lowest BCUT2D eigenvalue weighted by Crippen LogP contribution is -2.34. The summed E-state index contributed by atoms with van der Waals surface area (Å²) in [4.78, 5) is 18.4. The van der Waals surface area contributed by atoms with Crippen LogP contribution in [0.3, 0.4) is 0 Å². The van der Waals surface area contributed by atoms with Gasteiger partial charge in [-0.05, 0) is 54.9 Å². The third-order valence-corrected chi connectivity index (χ3v) is 3.99. The van der Waals surface area contributed by atoms with Crippen molar-refractivity contribution in [1.29, 1.82) is 0 Å². The Morgan fingerprint density at radius 3 is 2.73 bits per heavy atom. The Kier molecular flexibility index (Phi) is 4.90. The number of aromatic nitrogens is 3. The van der Waals surface area contributed by atoms with E-state index in [1.54, 1.807) is 26.8 Å². The number of nitrogens with zero attached hydrogens (tertiary/aromatic N) is 4. The first-order chi connectivity index (χ1) is 12.2. The predicted molar refractivity (Wildman–Crippen MR) is 100 cm³/mol. The Morgan fingerprint density at radius 1 is 1.35 bits per heavy atom. The van der Waals surface area contributed by atoms with E-state index in [1.165, 1.54) is 39.9 Å². The van der Waals surface area contributed by atoms with E-state index < -0.39 is 17.5 Å². The van der Waals surface area contributed by atoms with Gasteiger partial charge in [0, 0.05) is 6.07 Å². The Hall–Kier alpha value is -2.19. The summed E-state index contributed by atoms with van der Waals surface area (Å²) in [6.45, 7) is 5.24. The Morgan fingerprint density at radius 2 is 2.08 bits per heavy atom. The van der Waals surface area contributed by atoms with Gasteiger partial charge in [-0.25, -0.2) is 23.6 Å². The first kappa shape index (κ1) is 18.6. The van der Waals surface area contributed by atoms with Crippen LogP contribution in [-0.2, 0) is 4.74 Å². The molecule has 3 aromatic rings. The molecule has 0 saturated carbocycles. The van der Waals surface area contributed by atoms with Crippen molar-refractivity contribution in [2.24, 2.45) is 0 Å². The second kappa shape index (κ2) is 6.85. The van der Waals surface area contributed by atoms with E-state index in [0.29, 0.717) is 15.9 Å². The smallest absolute Gasteiger partial charge is 0.419 e. The molecule has 0 aliphatic heterocycles. The maximum absolute atomic E-state index is 13.8. The maximum atomic E-state index is 13.8. The number of rotatable bonds is 2. The van der Waals surface area contributed by atoms with Gasteiger partial charge in [-0.2, -0.15) is 5.10 Å².